The summed E-state index contributed by atoms with van der Waals surface area (Å²) in [5.41, 5.74) is 2.64. The summed E-state index contributed by atoms with van der Waals surface area (Å²) in [5.74, 6) is 0. The second-order valence-electron chi connectivity index (χ2n) is 3.51. The molecule has 0 saturated heterocycles. The molecule has 0 aromatic carbocycles. The molecule has 0 spiro atoms. The molecule has 18 heavy (non-hydrogen) atoms. The van der Waals surface area contributed by atoms with Crippen molar-refractivity contribution in [2.24, 2.45) is 0 Å². The summed E-state index contributed by atoms with van der Waals surface area (Å²) in [6.45, 7) is 0. The maximum Gasteiger partial charge on any atom is 0.280 e. The first-order valence-corrected chi connectivity index (χ1v) is 5.02. The van der Waals surface area contributed by atoms with Gasteiger partial charge in [-0.2, -0.15) is 4.98 Å². The number of rotatable bonds is 4. The van der Waals surface area contributed by atoms with Crippen molar-refractivity contribution in [3.8, 4) is 0 Å². The van der Waals surface area contributed by atoms with E-state index in [4.69, 9.17) is 0 Å². The second kappa shape index (κ2) is 5.04. The number of hydrazine groups is 1. The van der Waals surface area contributed by atoms with Crippen molar-refractivity contribution in [2.45, 2.75) is 6.42 Å². The average Bonchev–Trinajstić information content (AvgIpc) is 2.34. The van der Waals surface area contributed by atoms with Crippen LogP contribution in [0.1, 0.15) is 11.1 Å². The highest BCUT2D eigenvalue weighted by molar-refractivity contribution is 5.19. The molecular weight excluding hydrogens is 238 g/mol. The van der Waals surface area contributed by atoms with E-state index in [0.717, 1.165) is 16.6 Å². The predicted molar refractivity (Wildman–Crippen MR) is 61.9 cm³/mol. The molecular formula is C10H9N5O3. The van der Waals surface area contributed by atoms with Gasteiger partial charge in [0.15, 0.2) is 0 Å². The number of nitrogens with zero attached hydrogens (tertiary/aromatic N) is 4. The summed E-state index contributed by atoms with van der Waals surface area (Å²) in [7, 11) is 0. The molecule has 8 heteroatoms. The van der Waals surface area contributed by atoms with Crippen molar-refractivity contribution in [2.75, 3.05) is 5.53 Å². The van der Waals surface area contributed by atoms with E-state index in [9.17, 15) is 14.9 Å². The quantitative estimate of drug-likeness (QED) is 0.600. The Morgan fingerprint density at radius 1 is 1.50 bits per heavy atom. The summed E-state index contributed by atoms with van der Waals surface area (Å²) in [5, 5.41) is 9.54. The van der Waals surface area contributed by atoms with E-state index in [2.05, 4.69) is 9.97 Å². The first kappa shape index (κ1) is 11.7. The normalized spacial score (nSPS) is 10.0. The highest BCUT2D eigenvalue weighted by Gasteiger charge is 2.07. The molecule has 92 valence electrons. The average molecular weight is 247 g/mol. The number of hydrogen-bond acceptors (Lipinski definition) is 5. The third-order valence-corrected chi connectivity index (χ3v) is 2.18. The Labute approximate surface area is 101 Å². The van der Waals surface area contributed by atoms with Gasteiger partial charge in [0.2, 0.25) is 6.33 Å². The van der Waals surface area contributed by atoms with Crippen LogP contribution in [0.15, 0.2) is 41.8 Å². The first-order valence-electron chi connectivity index (χ1n) is 5.02. The smallest absolute Gasteiger partial charge is 0.280 e. The first-order chi connectivity index (χ1) is 8.65. The van der Waals surface area contributed by atoms with Gasteiger partial charge in [-0.05, 0) is 11.6 Å². The van der Waals surface area contributed by atoms with Gasteiger partial charge < -0.3 is 10.1 Å². The third kappa shape index (κ3) is 2.88. The number of nitro groups is 1. The molecule has 0 fully saturated rings. The molecule has 8 nitrogen and oxygen atoms in total. The molecule has 2 heterocycles. The zero-order chi connectivity index (χ0) is 13.0. The van der Waals surface area contributed by atoms with E-state index < -0.39 is 10.6 Å². The largest absolute Gasteiger partial charge is 0.339 e. The highest BCUT2D eigenvalue weighted by atomic mass is 16.7. The number of pyridine rings is 1. The fraction of sp³-hybridized carbons (Fsp3) is 0.100. The van der Waals surface area contributed by atoms with Crippen molar-refractivity contribution in [3.05, 3.63) is 68.6 Å². The number of nitrogens with one attached hydrogen (secondary N) is 1. The minimum atomic E-state index is -0.736. The monoisotopic (exact) mass is 247 g/mol. The Hall–Kier alpha value is -2.77. The van der Waals surface area contributed by atoms with Gasteiger partial charge in [0, 0.05) is 23.8 Å². The molecule has 2 aromatic rings. The summed E-state index contributed by atoms with van der Waals surface area (Å²) in [6, 6.07) is 3.56. The van der Waals surface area contributed by atoms with Crippen LogP contribution in [0.4, 0.5) is 0 Å². The Morgan fingerprint density at radius 3 is 3.00 bits per heavy atom. The van der Waals surface area contributed by atoms with E-state index in [1.807, 2.05) is 11.6 Å². The number of hydrogen-bond donors (Lipinski definition) is 1. The van der Waals surface area contributed by atoms with Crippen molar-refractivity contribution in [1.82, 2.24) is 14.6 Å². The topological polar surface area (TPSA) is 103 Å². The Bertz CT molecular complexity index is 610. The molecule has 0 amide bonds. The minimum absolute atomic E-state index is 0.319. The van der Waals surface area contributed by atoms with E-state index in [-0.39, 0.29) is 0 Å². The van der Waals surface area contributed by atoms with Crippen LogP contribution in [-0.4, -0.2) is 19.7 Å². The SMILES string of the molecule is O=c1ncn(N[N+](=O)[O-])cc1Cc1cccnc1. The predicted octanol–water partition coefficient (Wildman–Crippen LogP) is -0.0357. The standard InChI is InChI=1S/C10H9N5O3/c16-10-9(4-8-2-1-3-11-5-8)6-14(7-12-10)13-15(17)18/h1-3,5-7,13H,4H2. The summed E-state index contributed by atoms with van der Waals surface area (Å²) >= 11 is 0. The zero-order valence-corrected chi connectivity index (χ0v) is 9.18. The molecule has 0 bridgehead atoms. The Kier molecular flexibility index (Phi) is 3.28. The third-order valence-electron chi connectivity index (χ3n) is 2.18. The van der Waals surface area contributed by atoms with E-state index >= 15 is 0 Å². The van der Waals surface area contributed by atoms with Crippen LogP contribution in [0.3, 0.4) is 0 Å². The van der Waals surface area contributed by atoms with Gasteiger partial charge in [0.25, 0.3) is 5.56 Å². The molecule has 2 aromatic heterocycles. The van der Waals surface area contributed by atoms with Gasteiger partial charge in [-0.25, -0.2) is 0 Å². The fourth-order valence-electron chi connectivity index (χ4n) is 1.45. The van der Waals surface area contributed by atoms with Crippen molar-refractivity contribution < 1.29 is 5.03 Å². The fourth-order valence-corrected chi connectivity index (χ4v) is 1.45. The maximum absolute atomic E-state index is 11.5. The highest BCUT2D eigenvalue weighted by Crippen LogP contribution is 2.02. The van der Waals surface area contributed by atoms with E-state index in [1.165, 1.54) is 6.20 Å². The molecule has 1 N–H and O–H groups in total. The van der Waals surface area contributed by atoms with Crippen LogP contribution in [0.5, 0.6) is 0 Å². The molecule has 0 aliphatic rings. The van der Waals surface area contributed by atoms with Gasteiger partial charge >= 0.3 is 0 Å². The lowest BCUT2D eigenvalue weighted by Gasteiger charge is -2.02. The molecule has 0 saturated carbocycles. The Balaban J connectivity index is 2.27. The zero-order valence-electron chi connectivity index (χ0n) is 9.18. The van der Waals surface area contributed by atoms with Crippen LogP contribution in [-0.2, 0) is 6.42 Å². The van der Waals surface area contributed by atoms with E-state index in [1.54, 1.807) is 18.5 Å². The lowest BCUT2D eigenvalue weighted by atomic mass is 10.1. The van der Waals surface area contributed by atoms with Gasteiger partial charge in [-0.15, -0.1) is 4.68 Å². The lowest BCUT2D eigenvalue weighted by Crippen LogP contribution is -2.25. The second-order valence-corrected chi connectivity index (χ2v) is 3.51. The minimum Gasteiger partial charge on any atom is -0.339 e. The maximum atomic E-state index is 11.5. The summed E-state index contributed by atoms with van der Waals surface area (Å²) in [4.78, 5) is 29.3. The van der Waals surface area contributed by atoms with Crippen LogP contribution in [0.25, 0.3) is 0 Å². The molecule has 0 atom stereocenters. The van der Waals surface area contributed by atoms with Crippen LogP contribution in [0, 0.1) is 10.1 Å². The van der Waals surface area contributed by atoms with Crippen LogP contribution in [0.2, 0.25) is 0 Å². The molecule has 0 aliphatic heterocycles. The van der Waals surface area contributed by atoms with E-state index in [0.29, 0.717) is 12.0 Å². The van der Waals surface area contributed by atoms with Gasteiger partial charge in [0.1, 0.15) is 6.20 Å². The van der Waals surface area contributed by atoms with Gasteiger partial charge in [0.05, 0.1) is 5.56 Å². The molecule has 0 radical (unpaired) electrons. The number of aromatic nitrogens is 3. The van der Waals surface area contributed by atoms with Gasteiger partial charge in [-0.1, -0.05) is 11.6 Å². The molecule has 2 rings (SSSR count). The van der Waals surface area contributed by atoms with Crippen molar-refractivity contribution >= 4 is 0 Å². The van der Waals surface area contributed by atoms with Crippen molar-refractivity contribution in [1.29, 1.82) is 0 Å². The Morgan fingerprint density at radius 2 is 2.33 bits per heavy atom. The van der Waals surface area contributed by atoms with Crippen LogP contribution >= 0.6 is 0 Å². The molecule has 0 unspecified atom stereocenters. The lowest BCUT2D eigenvalue weighted by molar-refractivity contribution is -0.461. The van der Waals surface area contributed by atoms with Crippen molar-refractivity contribution in [3.63, 3.8) is 0 Å². The molecule has 0 aliphatic carbocycles. The summed E-state index contributed by atoms with van der Waals surface area (Å²) < 4.78 is 1.02. The van der Waals surface area contributed by atoms with Gasteiger partial charge in [-0.3, -0.25) is 9.78 Å². The summed E-state index contributed by atoms with van der Waals surface area (Å²) in [6.07, 6.45) is 5.96. The van der Waals surface area contributed by atoms with Crippen LogP contribution < -0.4 is 11.1 Å².